The second-order valence-electron chi connectivity index (χ2n) is 4.37. The summed E-state index contributed by atoms with van der Waals surface area (Å²) >= 11 is 0. The fourth-order valence-corrected chi connectivity index (χ4v) is 1.95. The maximum atomic E-state index is 12.4. The topological polar surface area (TPSA) is 28.7 Å². The maximum absolute atomic E-state index is 12.4. The molecule has 2 nitrogen and oxygen atoms in total. The molecule has 0 saturated carbocycles. The molecule has 1 aromatic heterocycles. The molecule has 2 rings (SSSR count). The van der Waals surface area contributed by atoms with Crippen LogP contribution in [0.3, 0.4) is 0 Å². The normalized spacial score (nSPS) is 26.5. The highest BCUT2D eigenvalue weighted by Gasteiger charge is 2.37. The maximum Gasteiger partial charge on any atom is 0.449 e. The summed E-state index contributed by atoms with van der Waals surface area (Å²) in [6.45, 7) is 4.11. The molecule has 1 aliphatic carbocycles. The number of aromatic amines is 1. The molecule has 15 heavy (non-hydrogen) atoms. The van der Waals surface area contributed by atoms with Gasteiger partial charge in [-0.1, -0.05) is 13.8 Å². The van der Waals surface area contributed by atoms with Crippen LogP contribution in [0.1, 0.15) is 31.1 Å². The summed E-state index contributed by atoms with van der Waals surface area (Å²) in [4.78, 5) is 6.01. The van der Waals surface area contributed by atoms with Crippen molar-refractivity contribution in [1.29, 1.82) is 0 Å². The predicted molar refractivity (Wildman–Crippen MR) is 49.3 cm³/mol. The van der Waals surface area contributed by atoms with E-state index in [0.29, 0.717) is 36.1 Å². The number of hydrogen-bond donors (Lipinski definition) is 1. The molecule has 2 atom stereocenters. The quantitative estimate of drug-likeness (QED) is 0.712. The van der Waals surface area contributed by atoms with Crippen molar-refractivity contribution >= 4 is 0 Å². The second kappa shape index (κ2) is 3.25. The van der Waals surface area contributed by atoms with Crippen LogP contribution in [0.5, 0.6) is 0 Å². The summed E-state index contributed by atoms with van der Waals surface area (Å²) in [7, 11) is 0. The molecule has 1 N–H and O–H groups in total. The van der Waals surface area contributed by atoms with Gasteiger partial charge in [0.25, 0.3) is 0 Å². The average molecular weight is 218 g/mol. The number of hydrogen-bond acceptors (Lipinski definition) is 1. The summed E-state index contributed by atoms with van der Waals surface area (Å²) in [5.41, 5.74) is 1.25. The highest BCUT2D eigenvalue weighted by Crippen LogP contribution is 2.33. The summed E-state index contributed by atoms with van der Waals surface area (Å²) in [6, 6.07) is 0. The van der Waals surface area contributed by atoms with Crippen molar-refractivity contribution < 1.29 is 13.2 Å². The van der Waals surface area contributed by atoms with E-state index in [2.05, 4.69) is 23.8 Å². The van der Waals surface area contributed by atoms with Crippen molar-refractivity contribution in [2.75, 3.05) is 0 Å². The Balaban J connectivity index is 2.33. The number of nitrogens with one attached hydrogen (secondary N) is 1. The van der Waals surface area contributed by atoms with E-state index >= 15 is 0 Å². The number of aromatic nitrogens is 2. The van der Waals surface area contributed by atoms with Gasteiger partial charge in [0, 0.05) is 5.69 Å². The van der Waals surface area contributed by atoms with Crippen LogP contribution in [-0.4, -0.2) is 9.97 Å². The van der Waals surface area contributed by atoms with Crippen LogP contribution in [0.25, 0.3) is 0 Å². The van der Waals surface area contributed by atoms with Gasteiger partial charge in [-0.15, -0.1) is 0 Å². The molecule has 1 heterocycles. The SMILES string of the molecule is CC1Cc2nc(C(F)(F)F)[nH]c2CC1C. The standard InChI is InChI=1S/C10H13F3N2/c1-5-3-7-8(4-6(5)2)15-9(14-7)10(11,12)13/h5-6H,3-4H2,1-2H3,(H,14,15). The molecular weight excluding hydrogens is 205 g/mol. The van der Waals surface area contributed by atoms with Crippen molar-refractivity contribution in [2.24, 2.45) is 11.8 Å². The molecule has 0 fully saturated rings. The van der Waals surface area contributed by atoms with Gasteiger partial charge < -0.3 is 4.98 Å². The molecule has 0 amide bonds. The third kappa shape index (κ3) is 1.87. The first-order valence-corrected chi connectivity index (χ1v) is 5.03. The Kier molecular flexibility index (Phi) is 2.28. The Bertz CT molecular complexity index is 340. The highest BCUT2D eigenvalue weighted by atomic mass is 19.4. The third-order valence-corrected chi connectivity index (χ3v) is 3.15. The molecule has 0 bridgehead atoms. The minimum absolute atomic E-state index is 0.405. The van der Waals surface area contributed by atoms with Gasteiger partial charge in [0.2, 0.25) is 5.82 Å². The van der Waals surface area contributed by atoms with Crippen LogP contribution >= 0.6 is 0 Å². The number of imidazole rings is 1. The van der Waals surface area contributed by atoms with Gasteiger partial charge in [0.05, 0.1) is 5.69 Å². The first kappa shape index (κ1) is 10.5. The first-order valence-electron chi connectivity index (χ1n) is 5.03. The largest absolute Gasteiger partial charge is 0.449 e. The lowest BCUT2D eigenvalue weighted by Crippen LogP contribution is -2.20. The Morgan fingerprint density at radius 1 is 1.20 bits per heavy atom. The molecule has 0 spiro atoms. The molecule has 0 radical (unpaired) electrons. The smallest absolute Gasteiger partial charge is 0.338 e. The minimum atomic E-state index is -4.36. The van der Waals surface area contributed by atoms with E-state index in [1.807, 2.05) is 0 Å². The van der Waals surface area contributed by atoms with Gasteiger partial charge in [0.1, 0.15) is 0 Å². The van der Waals surface area contributed by atoms with Crippen molar-refractivity contribution in [3.63, 3.8) is 0 Å². The van der Waals surface area contributed by atoms with Crippen LogP contribution in [0, 0.1) is 11.8 Å². The summed E-state index contributed by atoms with van der Waals surface area (Å²) < 4.78 is 37.1. The third-order valence-electron chi connectivity index (χ3n) is 3.15. The van der Waals surface area contributed by atoms with E-state index in [1.165, 1.54) is 0 Å². The summed E-state index contributed by atoms with van der Waals surface area (Å²) in [6.07, 6.45) is -3.05. The Morgan fingerprint density at radius 3 is 2.40 bits per heavy atom. The van der Waals surface area contributed by atoms with E-state index < -0.39 is 12.0 Å². The van der Waals surface area contributed by atoms with E-state index in [9.17, 15) is 13.2 Å². The minimum Gasteiger partial charge on any atom is -0.338 e. The second-order valence-corrected chi connectivity index (χ2v) is 4.37. The van der Waals surface area contributed by atoms with Gasteiger partial charge in [-0.25, -0.2) is 4.98 Å². The van der Waals surface area contributed by atoms with Gasteiger partial charge in [-0.2, -0.15) is 13.2 Å². The van der Waals surface area contributed by atoms with Crippen LogP contribution in [0.15, 0.2) is 0 Å². The fourth-order valence-electron chi connectivity index (χ4n) is 1.95. The van der Waals surface area contributed by atoms with Gasteiger partial charge in [-0.3, -0.25) is 0 Å². The van der Waals surface area contributed by atoms with Crippen LogP contribution in [-0.2, 0) is 19.0 Å². The van der Waals surface area contributed by atoms with E-state index in [1.54, 1.807) is 0 Å². The van der Waals surface area contributed by atoms with Crippen LogP contribution in [0.4, 0.5) is 13.2 Å². The van der Waals surface area contributed by atoms with Crippen molar-refractivity contribution in [3.05, 3.63) is 17.2 Å². The van der Waals surface area contributed by atoms with Crippen LogP contribution < -0.4 is 0 Å². The number of H-pyrrole nitrogens is 1. The van der Waals surface area contributed by atoms with E-state index in [4.69, 9.17) is 0 Å². The first-order chi connectivity index (χ1) is 6.88. The molecule has 1 aliphatic rings. The highest BCUT2D eigenvalue weighted by molar-refractivity contribution is 5.20. The lowest BCUT2D eigenvalue weighted by atomic mass is 9.82. The molecule has 0 saturated heterocycles. The molecule has 0 aliphatic heterocycles. The Morgan fingerprint density at radius 2 is 1.80 bits per heavy atom. The monoisotopic (exact) mass is 218 g/mol. The Labute approximate surface area is 85.9 Å². The summed E-state index contributed by atoms with van der Waals surface area (Å²) in [5, 5.41) is 0. The number of alkyl halides is 3. The summed E-state index contributed by atoms with van der Waals surface area (Å²) in [5.74, 6) is -0.0327. The zero-order valence-corrected chi connectivity index (χ0v) is 8.65. The molecule has 1 aromatic rings. The predicted octanol–water partition coefficient (Wildman–Crippen LogP) is 2.80. The van der Waals surface area contributed by atoms with E-state index in [0.717, 1.165) is 0 Å². The van der Waals surface area contributed by atoms with Crippen molar-refractivity contribution in [3.8, 4) is 0 Å². The number of rotatable bonds is 0. The zero-order valence-electron chi connectivity index (χ0n) is 8.65. The van der Waals surface area contributed by atoms with Crippen molar-refractivity contribution in [2.45, 2.75) is 32.9 Å². The molecule has 5 heteroatoms. The van der Waals surface area contributed by atoms with Gasteiger partial charge >= 0.3 is 6.18 Å². The Hall–Kier alpha value is -1.00. The zero-order chi connectivity index (χ0) is 11.2. The van der Waals surface area contributed by atoms with E-state index in [-0.39, 0.29) is 0 Å². The van der Waals surface area contributed by atoms with Gasteiger partial charge in [0.15, 0.2) is 0 Å². The van der Waals surface area contributed by atoms with Crippen LogP contribution in [0.2, 0.25) is 0 Å². The molecule has 84 valence electrons. The lowest BCUT2D eigenvalue weighted by Gasteiger charge is -2.24. The number of fused-ring (bicyclic) bond motifs is 1. The average Bonchev–Trinajstić information content (AvgIpc) is 2.47. The molecule has 2 unspecified atom stereocenters. The molecular formula is C10H13F3N2. The fraction of sp³-hybridized carbons (Fsp3) is 0.700. The number of nitrogens with zero attached hydrogens (tertiary/aromatic N) is 1. The molecule has 0 aromatic carbocycles. The lowest BCUT2D eigenvalue weighted by molar-refractivity contribution is -0.144. The van der Waals surface area contributed by atoms with Crippen molar-refractivity contribution in [1.82, 2.24) is 9.97 Å². The number of halogens is 3. The van der Waals surface area contributed by atoms with Gasteiger partial charge in [-0.05, 0) is 24.7 Å².